The lowest BCUT2D eigenvalue weighted by atomic mass is 10.3. The lowest BCUT2D eigenvalue weighted by Gasteiger charge is -2.25. The molecule has 10 heavy (non-hydrogen) atoms. The molecule has 1 aliphatic heterocycles. The highest BCUT2D eigenvalue weighted by atomic mass is 16.5. The molecule has 0 amide bonds. The minimum atomic E-state index is -1.85. The van der Waals surface area contributed by atoms with Gasteiger partial charge in [-0.1, -0.05) is 0 Å². The Bertz CT molecular complexity index is 162. The van der Waals surface area contributed by atoms with Crippen LogP contribution in [-0.2, 0) is 4.74 Å². The molecule has 0 spiro atoms. The molecule has 0 radical (unpaired) electrons. The van der Waals surface area contributed by atoms with Gasteiger partial charge in [0.1, 0.15) is 0 Å². The molecule has 1 rings (SSSR count). The second kappa shape index (κ2) is 4.66. The molecule has 1 atom stereocenters. The van der Waals surface area contributed by atoms with Crippen molar-refractivity contribution in [3.05, 3.63) is 0 Å². The molecular formula is C7H15NO2. The number of nitrogens with zero attached hydrogens (tertiary/aromatic N) is 1. The maximum atomic E-state index is 8.74. The van der Waals surface area contributed by atoms with E-state index in [-0.39, 0.29) is 0 Å². The Balaban J connectivity index is 2.49. The van der Waals surface area contributed by atoms with Crippen molar-refractivity contribution in [3.63, 3.8) is 0 Å². The molecule has 1 unspecified atom stereocenters. The van der Waals surface area contributed by atoms with E-state index in [2.05, 4.69) is 0 Å². The van der Waals surface area contributed by atoms with Gasteiger partial charge in [-0.05, 0) is 6.37 Å². The second-order valence-electron chi connectivity index (χ2n) is 2.14. The minimum Gasteiger partial charge on any atom is -0.396 e. The third-order valence-corrected chi connectivity index (χ3v) is 1.41. The van der Waals surface area contributed by atoms with Crippen molar-refractivity contribution >= 4 is 0 Å². The van der Waals surface area contributed by atoms with Crippen LogP contribution in [0.15, 0.2) is 0 Å². The predicted molar refractivity (Wildman–Crippen MR) is 39.0 cm³/mol. The van der Waals surface area contributed by atoms with Gasteiger partial charge in [0.05, 0.1) is 13.2 Å². The smallest absolute Gasteiger partial charge is 0.0594 e. The van der Waals surface area contributed by atoms with Gasteiger partial charge in [0, 0.05) is 30.3 Å². The molecule has 1 heterocycles. The van der Waals surface area contributed by atoms with Crippen molar-refractivity contribution in [2.45, 2.75) is 6.37 Å². The standard InChI is InChI=1S/C7H15NO2/c9-5-1-2-8-3-6-10-7-4-8/h9H,1-7H2/i1D2,2D. The maximum absolute atomic E-state index is 8.74. The third-order valence-electron chi connectivity index (χ3n) is 1.41. The van der Waals surface area contributed by atoms with Crippen LogP contribution in [0.3, 0.4) is 0 Å². The fourth-order valence-electron chi connectivity index (χ4n) is 0.876. The summed E-state index contributed by atoms with van der Waals surface area (Å²) in [5.74, 6) is 0. The van der Waals surface area contributed by atoms with E-state index in [1.165, 1.54) is 0 Å². The Hall–Kier alpha value is -0.120. The summed E-state index contributed by atoms with van der Waals surface area (Å²) in [5.41, 5.74) is 0. The molecule has 1 N–H and O–H groups in total. The first-order valence-electron chi connectivity index (χ1n) is 5.00. The van der Waals surface area contributed by atoms with E-state index in [1.54, 1.807) is 4.90 Å². The van der Waals surface area contributed by atoms with E-state index in [4.69, 9.17) is 14.0 Å². The van der Waals surface area contributed by atoms with Crippen molar-refractivity contribution in [3.8, 4) is 0 Å². The van der Waals surface area contributed by atoms with E-state index >= 15 is 0 Å². The average molecular weight is 148 g/mol. The first kappa shape index (κ1) is 4.70. The van der Waals surface area contributed by atoms with Gasteiger partial charge >= 0.3 is 0 Å². The van der Waals surface area contributed by atoms with Gasteiger partial charge in [-0.3, -0.25) is 4.90 Å². The number of morpholine rings is 1. The van der Waals surface area contributed by atoms with E-state index in [1.807, 2.05) is 0 Å². The number of hydrogen-bond acceptors (Lipinski definition) is 3. The van der Waals surface area contributed by atoms with Crippen LogP contribution in [0.25, 0.3) is 0 Å². The van der Waals surface area contributed by atoms with Crippen molar-refractivity contribution in [1.29, 1.82) is 0 Å². The summed E-state index contributed by atoms with van der Waals surface area (Å²) < 4.78 is 27.4. The summed E-state index contributed by atoms with van der Waals surface area (Å²) in [6.07, 6.45) is -1.85. The molecule has 1 saturated heterocycles. The van der Waals surface area contributed by atoms with Gasteiger partial charge in [-0.25, -0.2) is 0 Å². The molecule has 0 aromatic rings. The van der Waals surface area contributed by atoms with Crippen LogP contribution in [0.4, 0.5) is 0 Å². The van der Waals surface area contributed by atoms with Crippen LogP contribution in [0, 0.1) is 0 Å². The molecule has 0 aromatic carbocycles. The fourth-order valence-corrected chi connectivity index (χ4v) is 0.876. The van der Waals surface area contributed by atoms with Gasteiger partial charge in [0.2, 0.25) is 0 Å². The molecule has 0 aliphatic carbocycles. The summed E-state index contributed by atoms with van der Waals surface area (Å²) in [7, 11) is 0. The van der Waals surface area contributed by atoms with Crippen molar-refractivity contribution in [2.75, 3.05) is 39.4 Å². The zero-order valence-corrected chi connectivity index (χ0v) is 5.92. The summed E-state index contributed by atoms with van der Waals surface area (Å²) in [6.45, 7) is 0.592. The molecule has 0 saturated carbocycles. The van der Waals surface area contributed by atoms with Crippen molar-refractivity contribution < 1.29 is 14.0 Å². The second-order valence-corrected chi connectivity index (χ2v) is 2.14. The lowest BCUT2D eigenvalue weighted by Crippen LogP contribution is -2.37. The highest BCUT2D eigenvalue weighted by Gasteiger charge is 2.08. The number of aliphatic hydroxyl groups excluding tert-OH is 1. The first-order valence-corrected chi connectivity index (χ1v) is 3.43. The zero-order chi connectivity index (χ0) is 9.90. The molecule has 3 heteroatoms. The van der Waals surface area contributed by atoms with Crippen LogP contribution in [0.1, 0.15) is 10.5 Å². The third kappa shape index (κ3) is 2.64. The highest BCUT2D eigenvalue weighted by molar-refractivity contribution is 4.60. The Morgan fingerprint density at radius 2 is 2.20 bits per heavy atom. The van der Waals surface area contributed by atoms with E-state index in [0.717, 1.165) is 0 Å². The van der Waals surface area contributed by atoms with Gasteiger partial charge in [0.25, 0.3) is 0 Å². The number of hydrogen-bond donors (Lipinski definition) is 1. The lowest BCUT2D eigenvalue weighted by molar-refractivity contribution is 0.0353. The Morgan fingerprint density at radius 3 is 2.80 bits per heavy atom. The summed E-state index contributed by atoms with van der Waals surface area (Å²) >= 11 is 0. The molecule has 60 valence electrons. The Morgan fingerprint density at radius 1 is 1.50 bits per heavy atom. The van der Waals surface area contributed by atoms with Crippen LogP contribution < -0.4 is 0 Å². The summed E-state index contributed by atoms with van der Waals surface area (Å²) in [6, 6.07) is 0. The minimum absolute atomic E-state index is 0.539. The van der Waals surface area contributed by atoms with Crippen LogP contribution in [-0.4, -0.2) is 49.4 Å². The van der Waals surface area contributed by atoms with E-state index in [0.29, 0.717) is 26.3 Å². The van der Waals surface area contributed by atoms with Crippen LogP contribution in [0.5, 0.6) is 0 Å². The van der Waals surface area contributed by atoms with Gasteiger partial charge < -0.3 is 9.84 Å². The van der Waals surface area contributed by atoms with Crippen molar-refractivity contribution in [1.82, 2.24) is 4.90 Å². The molecule has 1 fully saturated rings. The monoisotopic (exact) mass is 148 g/mol. The Kier molecular flexibility index (Phi) is 2.19. The largest absolute Gasteiger partial charge is 0.396 e. The highest BCUT2D eigenvalue weighted by Crippen LogP contribution is 1.96. The van der Waals surface area contributed by atoms with Gasteiger partial charge in [-0.15, -0.1) is 0 Å². The quantitative estimate of drug-likeness (QED) is 0.596. The molecule has 0 bridgehead atoms. The van der Waals surface area contributed by atoms with E-state index in [9.17, 15) is 0 Å². The molecule has 3 nitrogen and oxygen atoms in total. The zero-order valence-electron chi connectivity index (χ0n) is 8.92. The molecule has 1 aliphatic rings. The Labute approximate surface area is 65.8 Å². The van der Waals surface area contributed by atoms with Gasteiger partial charge in [-0.2, -0.15) is 0 Å². The van der Waals surface area contributed by atoms with Gasteiger partial charge in [0.15, 0.2) is 0 Å². The SMILES string of the molecule is [2H]C(N1CCOCC1)C([2H])([2H])CO. The average Bonchev–Trinajstić information content (AvgIpc) is 2.18. The van der Waals surface area contributed by atoms with Crippen molar-refractivity contribution in [2.24, 2.45) is 0 Å². The maximum Gasteiger partial charge on any atom is 0.0594 e. The van der Waals surface area contributed by atoms with Crippen LogP contribution >= 0.6 is 0 Å². The first-order chi connectivity index (χ1) is 6.08. The summed E-state index contributed by atoms with van der Waals surface area (Å²) in [5, 5.41) is 8.74. The topological polar surface area (TPSA) is 32.7 Å². The normalized spacial score (nSPS) is 30.3. The number of rotatable bonds is 3. The number of aliphatic hydroxyl groups is 1. The summed E-state index contributed by atoms with van der Waals surface area (Å²) in [4.78, 5) is 1.68. The molecular weight excluding hydrogens is 130 g/mol. The fraction of sp³-hybridized carbons (Fsp3) is 1.00. The number of ether oxygens (including phenoxy) is 1. The van der Waals surface area contributed by atoms with Crippen LogP contribution in [0.2, 0.25) is 0 Å². The molecule has 0 aromatic heterocycles. The van der Waals surface area contributed by atoms with E-state index < -0.39 is 19.5 Å². The predicted octanol–water partition coefficient (Wildman–Crippen LogP) is -0.299.